The van der Waals surface area contributed by atoms with Crippen molar-refractivity contribution in [2.24, 2.45) is 23.5 Å². The van der Waals surface area contributed by atoms with Gasteiger partial charge in [-0.05, 0) is 93.7 Å². The molecule has 1 aromatic heterocycles. The minimum absolute atomic E-state index is 0.0736. The van der Waals surface area contributed by atoms with Gasteiger partial charge in [-0.2, -0.15) is 13.2 Å². The van der Waals surface area contributed by atoms with Crippen LogP contribution in [0.25, 0.3) is 5.69 Å². The summed E-state index contributed by atoms with van der Waals surface area (Å²) in [5.41, 5.74) is 4.88. The molecule has 4 aliphatic carbocycles. The molecule has 8 nitrogen and oxygen atoms in total. The summed E-state index contributed by atoms with van der Waals surface area (Å²) in [5, 5.41) is 7.66. The predicted octanol–water partition coefficient (Wildman–Crippen LogP) is 5.25. The van der Waals surface area contributed by atoms with Crippen LogP contribution in [0.4, 0.5) is 17.6 Å². The molecule has 0 atom stereocenters. The van der Waals surface area contributed by atoms with Gasteiger partial charge >= 0.3 is 6.18 Å². The number of aromatic nitrogens is 3. The van der Waals surface area contributed by atoms with Crippen molar-refractivity contribution in [2.45, 2.75) is 75.9 Å². The molecule has 40 heavy (non-hydrogen) atoms. The fourth-order valence-corrected chi connectivity index (χ4v) is 7.36. The molecule has 218 valence electrons. The molecular weight excluding hydrogens is 530 g/mol. The lowest BCUT2D eigenvalue weighted by Gasteiger charge is -2.60. The van der Waals surface area contributed by atoms with Crippen molar-refractivity contribution < 1.29 is 31.9 Å². The number of amides is 2. The molecule has 0 spiro atoms. The molecule has 0 radical (unpaired) electrons. The highest BCUT2D eigenvalue weighted by molar-refractivity contribution is 5.96. The lowest BCUT2D eigenvalue weighted by atomic mass is 9.52. The number of carbonyl (C=O) groups excluding carboxylic acids is 2. The predicted molar refractivity (Wildman–Crippen MR) is 138 cm³/mol. The van der Waals surface area contributed by atoms with E-state index in [9.17, 15) is 27.2 Å². The third kappa shape index (κ3) is 6.10. The van der Waals surface area contributed by atoms with E-state index in [1.165, 1.54) is 29.1 Å². The summed E-state index contributed by atoms with van der Waals surface area (Å²) in [7, 11) is 0. The first-order valence-corrected chi connectivity index (χ1v) is 14.0. The fourth-order valence-electron chi connectivity index (χ4n) is 7.36. The highest BCUT2D eigenvalue weighted by atomic mass is 19.4. The second-order valence-electron chi connectivity index (χ2n) is 11.7. The van der Waals surface area contributed by atoms with Gasteiger partial charge in [-0.25, -0.2) is 4.68 Å². The van der Waals surface area contributed by atoms with Crippen LogP contribution in [0.2, 0.25) is 0 Å². The zero-order valence-electron chi connectivity index (χ0n) is 22.3. The fraction of sp³-hybridized carbons (Fsp3) is 0.643. The highest BCUT2D eigenvalue weighted by Crippen LogP contribution is 2.58. The SMILES string of the molecule is NC(=O)c1cn(-c2ccc(C(=O)N(CC(F)(F)F)C34CC5CC(CC(C5)C3)C4)cc2OCCCCCCF)nn1. The second-order valence-corrected chi connectivity index (χ2v) is 11.7. The van der Waals surface area contributed by atoms with Gasteiger partial charge in [0.15, 0.2) is 5.69 Å². The van der Waals surface area contributed by atoms with Gasteiger partial charge < -0.3 is 15.4 Å². The molecule has 6 rings (SSSR count). The van der Waals surface area contributed by atoms with E-state index in [-0.39, 0.29) is 30.3 Å². The molecule has 2 amide bonds. The maximum atomic E-state index is 13.9. The van der Waals surface area contributed by atoms with Gasteiger partial charge in [0.25, 0.3) is 11.8 Å². The van der Waals surface area contributed by atoms with E-state index in [0.29, 0.717) is 62.0 Å². The molecule has 2 aromatic rings. The molecule has 0 unspecified atom stereocenters. The number of primary amides is 1. The van der Waals surface area contributed by atoms with Gasteiger partial charge in [0.2, 0.25) is 0 Å². The number of unbranched alkanes of at least 4 members (excludes halogenated alkanes) is 3. The lowest BCUT2D eigenvalue weighted by molar-refractivity contribution is -0.168. The number of hydrogen-bond donors (Lipinski definition) is 1. The highest BCUT2D eigenvalue weighted by Gasteiger charge is 2.56. The number of nitrogens with zero attached hydrogens (tertiary/aromatic N) is 4. The molecule has 4 aliphatic rings. The Kier molecular flexibility index (Phi) is 8.05. The van der Waals surface area contributed by atoms with Gasteiger partial charge in [-0.3, -0.25) is 14.0 Å². The smallest absolute Gasteiger partial charge is 0.406 e. The van der Waals surface area contributed by atoms with Crippen molar-refractivity contribution in [1.29, 1.82) is 0 Å². The minimum Gasteiger partial charge on any atom is -0.491 e. The number of alkyl halides is 4. The van der Waals surface area contributed by atoms with Gasteiger partial charge in [-0.15, -0.1) is 5.10 Å². The van der Waals surface area contributed by atoms with Gasteiger partial charge in [-0.1, -0.05) is 11.6 Å². The van der Waals surface area contributed by atoms with Crippen LogP contribution in [-0.2, 0) is 0 Å². The maximum absolute atomic E-state index is 13.9. The number of carbonyl (C=O) groups is 2. The van der Waals surface area contributed by atoms with E-state index in [4.69, 9.17) is 10.5 Å². The van der Waals surface area contributed by atoms with E-state index in [0.717, 1.165) is 30.6 Å². The summed E-state index contributed by atoms with van der Waals surface area (Å²) in [6.07, 6.45) is 4.23. The van der Waals surface area contributed by atoms with Crippen LogP contribution in [0.5, 0.6) is 5.75 Å². The minimum atomic E-state index is -4.54. The molecule has 4 fully saturated rings. The molecule has 0 saturated heterocycles. The van der Waals surface area contributed by atoms with Crippen molar-refractivity contribution in [2.75, 3.05) is 19.8 Å². The average molecular weight is 566 g/mol. The average Bonchev–Trinajstić information content (AvgIpc) is 3.38. The monoisotopic (exact) mass is 565 g/mol. The summed E-state index contributed by atoms with van der Waals surface area (Å²) in [6.45, 7) is -1.44. The number of ether oxygens (including phenoxy) is 1. The van der Waals surface area contributed by atoms with Crippen LogP contribution in [0.1, 0.15) is 85.1 Å². The Bertz CT molecular complexity index is 1200. The number of nitrogens with two attached hydrogens (primary N) is 1. The molecule has 1 heterocycles. The Morgan fingerprint density at radius 3 is 2.27 bits per heavy atom. The van der Waals surface area contributed by atoms with Crippen LogP contribution in [0.3, 0.4) is 0 Å². The van der Waals surface area contributed by atoms with Crippen LogP contribution < -0.4 is 10.5 Å². The quantitative estimate of drug-likeness (QED) is 0.280. The number of benzene rings is 1. The van der Waals surface area contributed by atoms with Gasteiger partial charge in [0, 0.05) is 11.1 Å². The van der Waals surface area contributed by atoms with Gasteiger partial charge in [0.05, 0.1) is 19.5 Å². The largest absolute Gasteiger partial charge is 0.491 e. The Hall–Kier alpha value is -3.18. The summed E-state index contributed by atoms with van der Waals surface area (Å²) in [6, 6.07) is 4.42. The molecule has 12 heteroatoms. The molecule has 0 aliphatic heterocycles. The van der Waals surface area contributed by atoms with Crippen molar-refractivity contribution in [3.8, 4) is 11.4 Å². The number of rotatable bonds is 12. The Morgan fingerprint density at radius 2 is 1.70 bits per heavy atom. The standard InChI is InChI=1S/C28H35F4N5O3/c29-7-3-1-2-4-8-40-24-12-21(5-6-23(24)37-16-22(25(33)38)34-35-37)26(39)36(17-28(30,31)32)27-13-18-9-19(14-27)11-20(10-18)15-27/h5-6,12,16,18-20H,1-4,7-11,13-15,17H2,(H2,33,38). The normalized spacial score (nSPS) is 25.2. The zero-order chi connectivity index (χ0) is 28.5. The van der Waals surface area contributed by atoms with Crippen molar-refractivity contribution >= 4 is 11.8 Å². The lowest BCUT2D eigenvalue weighted by Crippen LogP contribution is -2.63. The maximum Gasteiger partial charge on any atom is 0.406 e. The first kappa shape index (κ1) is 28.4. The summed E-state index contributed by atoms with van der Waals surface area (Å²) < 4.78 is 61.3. The van der Waals surface area contributed by atoms with E-state index < -0.39 is 30.1 Å². The summed E-state index contributed by atoms with van der Waals surface area (Å²) in [4.78, 5) is 26.5. The second kappa shape index (κ2) is 11.4. The van der Waals surface area contributed by atoms with E-state index in [1.807, 2.05) is 0 Å². The van der Waals surface area contributed by atoms with Crippen LogP contribution in [-0.4, -0.2) is 63.2 Å². The Balaban J connectivity index is 1.45. The van der Waals surface area contributed by atoms with E-state index in [1.54, 1.807) is 0 Å². The summed E-state index contributed by atoms with van der Waals surface area (Å²) in [5.74, 6) is -0.142. The van der Waals surface area contributed by atoms with Crippen molar-refractivity contribution in [3.05, 3.63) is 35.7 Å². The first-order chi connectivity index (χ1) is 19.1. The Morgan fingerprint density at radius 1 is 1.05 bits per heavy atom. The molecule has 4 saturated carbocycles. The molecule has 4 bridgehead atoms. The molecule has 2 N–H and O–H groups in total. The molecular formula is C28H35F4N5O3. The Labute approximate surface area is 230 Å². The van der Waals surface area contributed by atoms with E-state index in [2.05, 4.69) is 10.3 Å². The van der Waals surface area contributed by atoms with E-state index >= 15 is 0 Å². The van der Waals surface area contributed by atoms with Crippen molar-refractivity contribution in [3.63, 3.8) is 0 Å². The van der Waals surface area contributed by atoms with Crippen LogP contribution >= 0.6 is 0 Å². The van der Waals surface area contributed by atoms with Crippen molar-refractivity contribution in [1.82, 2.24) is 19.9 Å². The van der Waals surface area contributed by atoms with Crippen LogP contribution in [0, 0.1) is 17.8 Å². The third-order valence-corrected chi connectivity index (χ3v) is 8.65. The van der Waals surface area contributed by atoms with Gasteiger partial charge in [0.1, 0.15) is 18.0 Å². The topological polar surface area (TPSA) is 103 Å². The molecule has 1 aromatic carbocycles. The third-order valence-electron chi connectivity index (χ3n) is 8.65. The number of halogens is 4. The first-order valence-electron chi connectivity index (χ1n) is 14.0. The zero-order valence-corrected chi connectivity index (χ0v) is 22.3. The number of hydrogen-bond acceptors (Lipinski definition) is 5. The van der Waals surface area contributed by atoms with Crippen LogP contribution in [0.15, 0.2) is 24.4 Å². The summed E-state index contributed by atoms with van der Waals surface area (Å²) >= 11 is 0.